The number of nitrogens with one attached hydrogen (secondary N) is 1. The van der Waals surface area contributed by atoms with Gasteiger partial charge in [-0.2, -0.15) is 0 Å². The zero-order valence-corrected chi connectivity index (χ0v) is 20.4. The summed E-state index contributed by atoms with van der Waals surface area (Å²) in [6.07, 6.45) is 1.81. The zero-order valence-electron chi connectivity index (χ0n) is 19.6. The third-order valence-electron chi connectivity index (χ3n) is 5.26. The lowest BCUT2D eigenvalue weighted by Crippen LogP contribution is -2.47. The molecule has 7 nitrogen and oxygen atoms in total. The van der Waals surface area contributed by atoms with Crippen LogP contribution >= 0.6 is 0 Å². The van der Waals surface area contributed by atoms with Gasteiger partial charge in [-0.05, 0) is 37.5 Å². The second-order valence-electron chi connectivity index (χ2n) is 8.01. The van der Waals surface area contributed by atoms with Crippen LogP contribution in [-0.4, -0.2) is 50.5 Å². The minimum absolute atomic E-state index is 0.0256. The molecule has 2 rings (SSSR count). The monoisotopic (exact) mass is 495 g/mol. The van der Waals surface area contributed by atoms with E-state index < -0.39 is 27.7 Å². The molecule has 0 bridgehead atoms. The first-order valence-corrected chi connectivity index (χ1v) is 12.9. The van der Waals surface area contributed by atoms with Crippen LogP contribution in [-0.2, 0) is 26.2 Å². The lowest BCUT2D eigenvalue weighted by atomic mass is 10.1. The quantitative estimate of drug-likeness (QED) is 0.489. The van der Waals surface area contributed by atoms with Crippen molar-refractivity contribution in [1.29, 1.82) is 0 Å². The molecule has 1 N–H and O–H groups in total. The van der Waals surface area contributed by atoms with Crippen molar-refractivity contribution in [1.82, 2.24) is 10.2 Å². The van der Waals surface area contributed by atoms with Crippen LogP contribution in [0.3, 0.4) is 0 Å². The summed E-state index contributed by atoms with van der Waals surface area (Å²) in [5.74, 6) is -2.84. The maximum atomic E-state index is 13.6. The topological polar surface area (TPSA) is 86.8 Å². The predicted molar refractivity (Wildman–Crippen MR) is 128 cm³/mol. The summed E-state index contributed by atoms with van der Waals surface area (Å²) >= 11 is 0. The van der Waals surface area contributed by atoms with Gasteiger partial charge in [-0.1, -0.05) is 37.3 Å². The number of carbonyl (C=O) groups excluding carboxylic acids is 2. The van der Waals surface area contributed by atoms with Crippen molar-refractivity contribution < 1.29 is 26.8 Å². The Balaban J connectivity index is 2.14. The van der Waals surface area contributed by atoms with Crippen molar-refractivity contribution in [2.75, 3.05) is 23.7 Å². The van der Waals surface area contributed by atoms with Gasteiger partial charge in [0.1, 0.15) is 6.04 Å². The summed E-state index contributed by atoms with van der Waals surface area (Å²) in [5.41, 5.74) is 0.827. The van der Waals surface area contributed by atoms with Crippen molar-refractivity contribution in [2.45, 2.75) is 45.7 Å². The Hall–Kier alpha value is -3.01. The molecule has 10 heteroatoms. The van der Waals surface area contributed by atoms with Gasteiger partial charge in [0.2, 0.25) is 21.8 Å². The zero-order chi connectivity index (χ0) is 25.3. The van der Waals surface area contributed by atoms with Crippen LogP contribution in [0, 0.1) is 11.6 Å². The first-order chi connectivity index (χ1) is 16.0. The Morgan fingerprint density at radius 3 is 2.32 bits per heavy atom. The number of benzene rings is 2. The molecule has 0 heterocycles. The summed E-state index contributed by atoms with van der Waals surface area (Å²) in [6.45, 7) is 4.19. The molecule has 0 fully saturated rings. The van der Waals surface area contributed by atoms with Crippen LogP contribution in [0.2, 0.25) is 0 Å². The molecule has 0 unspecified atom stereocenters. The number of anilines is 1. The van der Waals surface area contributed by atoms with Crippen LogP contribution in [0.15, 0.2) is 48.5 Å². The summed E-state index contributed by atoms with van der Waals surface area (Å²) in [7, 11) is -3.80. The Morgan fingerprint density at radius 2 is 1.74 bits per heavy atom. The second kappa shape index (κ2) is 12.5. The van der Waals surface area contributed by atoms with E-state index in [9.17, 15) is 26.8 Å². The molecule has 0 aromatic heterocycles. The van der Waals surface area contributed by atoms with Crippen LogP contribution in [0.5, 0.6) is 0 Å². The standard InChI is InChI=1S/C24H31F2N3O4S/c1-4-14-27-24(31)18(2)28(17-19-9-6-5-7-10-19)23(30)11-8-15-29(34(3,32)33)20-12-13-21(25)22(26)16-20/h5-7,9-10,12-13,16,18H,4,8,11,14-15,17H2,1-3H3,(H,27,31)/t18-/m0/s1. The van der Waals surface area contributed by atoms with E-state index in [4.69, 9.17) is 0 Å². The van der Waals surface area contributed by atoms with Gasteiger partial charge in [0, 0.05) is 32.1 Å². The van der Waals surface area contributed by atoms with Gasteiger partial charge in [-0.15, -0.1) is 0 Å². The van der Waals surface area contributed by atoms with Gasteiger partial charge < -0.3 is 10.2 Å². The third-order valence-corrected chi connectivity index (χ3v) is 6.45. The van der Waals surface area contributed by atoms with Gasteiger partial charge in [0.25, 0.3) is 0 Å². The smallest absolute Gasteiger partial charge is 0.242 e. The summed E-state index contributed by atoms with van der Waals surface area (Å²) in [6, 6.07) is 11.3. The van der Waals surface area contributed by atoms with Gasteiger partial charge in [-0.3, -0.25) is 13.9 Å². The van der Waals surface area contributed by atoms with E-state index in [0.717, 1.165) is 34.7 Å². The van der Waals surface area contributed by atoms with Crippen LogP contribution in [0.1, 0.15) is 38.7 Å². The van der Waals surface area contributed by atoms with Crippen molar-refractivity contribution >= 4 is 27.5 Å². The Bertz CT molecular complexity index is 1080. The van der Waals surface area contributed by atoms with Gasteiger partial charge in [0.05, 0.1) is 11.9 Å². The molecule has 2 aromatic rings. The number of hydrogen-bond donors (Lipinski definition) is 1. The highest BCUT2D eigenvalue weighted by Crippen LogP contribution is 2.21. The van der Waals surface area contributed by atoms with Crippen molar-refractivity contribution in [2.24, 2.45) is 0 Å². The summed E-state index contributed by atoms with van der Waals surface area (Å²) in [4.78, 5) is 27.1. The molecule has 2 amide bonds. The molecule has 34 heavy (non-hydrogen) atoms. The fourth-order valence-electron chi connectivity index (χ4n) is 3.40. The first kappa shape index (κ1) is 27.2. The summed E-state index contributed by atoms with van der Waals surface area (Å²) < 4.78 is 52.3. The number of amides is 2. The van der Waals surface area contributed by atoms with Crippen molar-refractivity contribution in [3.8, 4) is 0 Å². The molecular formula is C24H31F2N3O4S. The minimum atomic E-state index is -3.80. The van der Waals surface area contributed by atoms with E-state index >= 15 is 0 Å². The molecule has 0 aliphatic rings. The first-order valence-electron chi connectivity index (χ1n) is 11.1. The van der Waals surface area contributed by atoms with Gasteiger partial charge in [0.15, 0.2) is 11.6 Å². The highest BCUT2D eigenvalue weighted by atomic mass is 32.2. The van der Waals surface area contributed by atoms with Crippen molar-refractivity contribution in [3.63, 3.8) is 0 Å². The van der Waals surface area contributed by atoms with E-state index in [2.05, 4.69) is 5.32 Å². The largest absolute Gasteiger partial charge is 0.354 e. The maximum absolute atomic E-state index is 13.6. The van der Waals surface area contributed by atoms with Crippen LogP contribution in [0.25, 0.3) is 0 Å². The SMILES string of the molecule is CCCNC(=O)[C@H](C)N(Cc1ccccc1)C(=O)CCCN(c1ccc(F)c(F)c1)S(C)(=O)=O. The lowest BCUT2D eigenvalue weighted by Gasteiger charge is -2.29. The number of rotatable bonds is 12. The van der Waals surface area contributed by atoms with Gasteiger partial charge >= 0.3 is 0 Å². The Kier molecular flexibility index (Phi) is 9.97. The fourth-order valence-corrected chi connectivity index (χ4v) is 4.36. The molecule has 2 aromatic carbocycles. The van der Waals surface area contributed by atoms with Crippen LogP contribution in [0.4, 0.5) is 14.5 Å². The molecule has 186 valence electrons. The third kappa shape index (κ3) is 7.79. The lowest BCUT2D eigenvalue weighted by molar-refractivity contribution is -0.140. The van der Waals surface area contributed by atoms with E-state index in [1.165, 1.54) is 11.0 Å². The molecule has 1 atom stereocenters. The molecule has 0 aliphatic carbocycles. The fraction of sp³-hybridized carbons (Fsp3) is 0.417. The highest BCUT2D eigenvalue weighted by molar-refractivity contribution is 7.92. The van der Waals surface area contributed by atoms with E-state index in [-0.39, 0.29) is 43.4 Å². The normalized spacial score (nSPS) is 12.1. The molecule has 0 aliphatic heterocycles. The molecule has 0 spiro atoms. The number of hydrogen-bond acceptors (Lipinski definition) is 4. The number of carbonyl (C=O) groups is 2. The maximum Gasteiger partial charge on any atom is 0.242 e. The second-order valence-corrected chi connectivity index (χ2v) is 9.92. The number of sulfonamides is 1. The van der Waals surface area contributed by atoms with Gasteiger partial charge in [-0.25, -0.2) is 17.2 Å². The molecule has 0 radical (unpaired) electrons. The van der Waals surface area contributed by atoms with Crippen molar-refractivity contribution in [3.05, 3.63) is 65.7 Å². The average molecular weight is 496 g/mol. The van der Waals surface area contributed by atoms with E-state index in [1.54, 1.807) is 6.92 Å². The highest BCUT2D eigenvalue weighted by Gasteiger charge is 2.26. The summed E-state index contributed by atoms with van der Waals surface area (Å²) in [5, 5.41) is 2.79. The molecule has 0 saturated carbocycles. The van der Waals surface area contributed by atoms with Crippen LogP contribution < -0.4 is 9.62 Å². The Labute approximate surface area is 199 Å². The number of halogens is 2. The predicted octanol–water partition coefficient (Wildman–Crippen LogP) is 3.45. The molecular weight excluding hydrogens is 464 g/mol. The number of nitrogens with zero attached hydrogens (tertiary/aromatic N) is 2. The van der Waals surface area contributed by atoms with E-state index in [0.29, 0.717) is 6.54 Å². The molecule has 0 saturated heterocycles. The average Bonchev–Trinajstić information content (AvgIpc) is 2.80. The Morgan fingerprint density at radius 1 is 1.06 bits per heavy atom. The minimum Gasteiger partial charge on any atom is -0.354 e. The van der Waals surface area contributed by atoms with E-state index in [1.807, 2.05) is 37.3 Å².